The number of carbonyl (C=O) groups excluding carboxylic acids is 1. The highest BCUT2D eigenvalue weighted by molar-refractivity contribution is 5.95. The summed E-state index contributed by atoms with van der Waals surface area (Å²) >= 11 is 0. The Morgan fingerprint density at radius 1 is 1.19 bits per heavy atom. The number of halogens is 3. The van der Waals surface area contributed by atoms with Crippen LogP contribution in [0.15, 0.2) is 36.4 Å². The number of carbonyl (C=O) groups is 1. The van der Waals surface area contributed by atoms with E-state index < -0.39 is 17.6 Å². The molecule has 1 aromatic carbocycles. The standard InChI is InChI=1S/C13H10F3N3O2/c14-13(15,16)7-5-10(17)19-11(6-7)21-9-4-2-1-3-8(9)12(18)20/h1-6H,(H2,17,19)(H2,18,20). The zero-order valence-electron chi connectivity index (χ0n) is 10.5. The third-order valence-corrected chi connectivity index (χ3v) is 2.52. The third kappa shape index (κ3) is 3.41. The monoisotopic (exact) mass is 297 g/mol. The number of pyridine rings is 1. The van der Waals surface area contributed by atoms with E-state index >= 15 is 0 Å². The van der Waals surface area contributed by atoms with E-state index in [1.54, 1.807) is 12.1 Å². The van der Waals surface area contributed by atoms with Crippen LogP contribution in [0.4, 0.5) is 19.0 Å². The quantitative estimate of drug-likeness (QED) is 0.910. The van der Waals surface area contributed by atoms with Crippen molar-refractivity contribution < 1.29 is 22.7 Å². The molecule has 1 aromatic heterocycles. The van der Waals surface area contributed by atoms with E-state index in [4.69, 9.17) is 16.2 Å². The van der Waals surface area contributed by atoms with Crippen molar-refractivity contribution >= 4 is 11.7 Å². The first-order valence-corrected chi connectivity index (χ1v) is 5.69. The minimum atomic E-state index is -4.58. The second-order valence-corrected chi connectivity index (χ2v) is 4.08. The number of ether oxygens (including phenoxy) is 1. The molecule has 0 fully saturated rings. The largest absolute Gasteiger partial charge is 0.438 e. The maximum Gasteiger partial charge on any atom is 0.416 e. The van der Waals surface area contributed by atoms with Gasteiger partial charge in [-0.1, -0.05) is 12.1 Å². The van der Waals surface area contributed by atoms with Crippen LogP contribution in [0.25, 0.3) is 0 Å². The normalized spacial score (nSPS) is 11.2. The van der Waals surface area contributed by atoms with Gasteiger partial charge in [-0.15, -0.1) is 0 Å². The minimum Gasteiger partial charge on any atom is -0.438 e. The lowest BCUT2D eigenvalue weighted by molar-refractivity contribution is -0.137. The Hall–Kier alpha value is -2.77. The van der Waals surface area contributed by atoms with Gasteiger partial charge in [-0.25, -0.2) is 0 Å². The topological polar surface area (TPSA) is 91.2 Å². The molecule has 5 nitrogen and oxygen atoms in total. The lowest BCUT2D eigenvalue weighted by atomic mass is 10.2. The van der Waals surface area contributed by atoms with E-state index in [0.717, 1.165) is 0 Å². The molecular weight excluding hydrogens is 287 g/mol. The van der Waals surface area contributed by atoms with E-state index in [9.17, 15) is 18.0 Å². The molecule has 0 aliphatic rings. The van der Waals surface area contributed by atoms with Gasteiger partial charge < -0.3 is 16.2 Å². The molecule has 0 saturated carbocycles. The number of nitrogens with two attached hydrogens (primary N) is 2. The fraction of sp³-hybridized carbons (Fsp3) is 0.0769. The van der Waals surface area contributed by atoms with Crippen molar-refractivity contribution in [3.05, 3.63) is 47.5 Å². The summed E-state index contributed by atoms with van der Waals surface area (Å²) in [6.07, 6.45) is -4.58. The summed E-state index contributed by atoms with van der Waals surface area (Å²) in [7, 11) is 0. The Labute approximate surface area is 117 Å². The third-order valence-electron chi connectivity index (χ3n) is 2.52. The summed E-state index contributed by atoms with van der Waals surface area (Å²) in [4.78, 5) is 14.9. The Morgan fingerprint density at radius 2 is 1.86 bits per heavy atom. The van der Waals surface area contributed by atoms with Crippen LogP contribution in [-0.2, 0) is 6.18 Å². The Kier molecular flexibility index (Phi) is 3.70. The summed E-state index contributed by atoms with van der Waals surface area (Å²) in [5.41, 5.74) is 9.50. The van der Waals surface area contributed by atoms with Crippen molar-refractivity contribution in [3.8, 4) is 11.6 Å². The lowest BCUT2D eigenvalue weighted by Gasteiger charge is -2.11. The summed E-state index contributed by atoms with van der Waals surface area (Å²) in [5.74, 6) is -1.51. The van der Waals surface area contributed by atoms with Gasteiger partial charge in [0.05, 0.1) is 11.1 Å². The summed E-state index contributed by atoms with van der Waals surface area (Å²) < 4.78 is 43.2. The Morgan fingerprint density at radius 3 is 2.48 bits per heavy atom. The fourth-order valence-electron chi connectivity index (χ4n) is 1.61. The lowest BCUT2D eigenvalue weighted by Crippen LogP contribution is -2.12. The van der Waals surface area contributed by atoms with Gasteiger partial charge in [0.15, 0.2) is 0 Å². The summed E-state index contributed by atoms with van der Waals surface area (Å²) in [6.45, 7) is 0. The van der Waals surface area contributed by atoms with Crippen LogP contribution in [0.5, 0.6) is 11.6 Å². The molecule has 21 heavy (non-hydrogen) atoms. The number of rotatable bonds is 3. The van der Waals surface area contributed by atoms with Crippen LogP contribution in [-0.4, -0.2) is 10.9 Å². The summed E-state index contributed by atoms with van der Waals surface area (Å²) in [5, 5.41) is 0. The number of benzene rings is 1. The van der Waals surface area contributed by atoms with Gasteiger partial charge in [0.25, 0.3) is 5.91 Å². The number of nitrogen functional groups attached to an aromatic ring is 1. The fourth-order valence-corrected chi connectivity index (χ4v) is 1.61. The number of alkyl halides is 3. The first-order valence-electron chi connectivity index (χ1n) is 5.69. The number of anilines is 1. The van der Waals surface area contributed by atoms with Crippen LogP contribution in [0.1, 0.15) is 15.9 Å². The molecule has 8 heteroatoms. The van der Waals surface area contributed by atoms with Crippen molar-refractivity contribution in [1.29, 1.82) is 0 Å². The van der Waals surface area contributed by atoms with E-state index in [2.05, 4.69) is 4.98 Å². The van der Waals surface area contributed by atoms with Crippen LogP contribution in [0, 0.1) is 0 Å². The van der Waals surface area contributed by atoms with Crippen molar-refractivity contribution in [2.75, 3.05) is 5.73 Å². The first kappa shape index (κ1) is 14.6. The molecule has 0 saturated heterocycles. The van der Waals surface area contributed by atoms with Gasteiger partial charge in [0, 0.05) is 6.07 Å². The zero-order chi connectivity index (χ0) is 15.6. The molecule has 1 heterocycles. The highest BCUT2D eigenvalue weighted by atomic mass is 19.4. The Bertz CT molecular complexity index is 687. The van der Waals surface area contributed by atoms with Crippen molar-refractivity contribution in [3.63, 3.8) is 0 Å². The molecule has 0 aliphatic carbocycles. The number of primary amides is 1. The maximum absolute atomic E-state index is 12.7. The molecule has 110 valence electrons. The highest BCUT2D eigenvalue weighted by Crippen LogP contribution is 2.33. The van der Waals surface area contributed by atoms with Gasteiger partial charge in [0.1, 0.15) is 11.6 Å². The average molecular weight is 297 g/mol. The van der Waals surface area contributed by atoms with Crippen LogP contribution >= 0.6 is 0 Å². The highest BCUT2D eigenvalue weighted by Gasteiger charge is 2.31. The SMILES string of the molecule is NC(=O)c1ccccc1Oc1cc(C(F)(F)F)cc(N)n1. The maximum atomic E-state index is 12.7. The minimum absolute atomic E-state index is 0.00350. The van der Waals surface area contributed by atoms with Gasteiger partial charge in [-0.3, -0.25) is 4.79 Å². The molecule has 4 N–H and O–H groups in total. The van der Waals surface area contributed by atoms with Crippen LogP contribution < -0.4 is 16.2 Å². The second-order valence-electron chi connectivity index (χ2n) is 4.08. The van der Waals surface area contributed by atoms with Crippen LogP contribution in [0.3, 0.4) is 0 Å². The van der Waals surface area contributed by atoms with Gasteiger partial charge in [-0.05, 0) is 18.2 Å². The molecule has 0 atom stereocenters. The zero-order valence-corrected chi connectivity index (χ0v) is 10.5. The molecule has 2 rings (SSSR count). The number of para-hydroxylation sites is 1. The second kappa shape index (κ2) is 5.31. The van der Waals surface area contributed by atoms with Crippen molar-refractivity contribution in [1.82, 2.24) is 4.98 Å². The predicted octanol–water partition coefficient (Wildman–Crippen LogP) is 2.57. The van der Waals surface area contributed by atoms with Crippen LogP contribution in [0.2, 0.25) is 0 Å². The number of hydrogen-bond donors (Lipinski definition) is 2. The van der Waals surface area contributed by atoms with Gasteiger partial charge >= 0.3 is 6.18 Å². The van der Waals surface area contributed by atoms with E-state index in [-0.39, 0.29) is 23.0 Å². The number of aromatic nitrogens is 1. The summed E-state index contributed by atoms with van der Waals surface area (Å²) in [6, 6.07) is 7.23. The average Bonchev–Trinajstić information content (AvgIpc) is 2.37. The van der Waals surface area contributed by atoms with E-state index in [0.29, 0.717) is 12.1 Å². The molecule has 0 spiro atoms. The van der Waals surface area contributed by atoms with Gasteiger partial charge in [0.2, 0.25) is 5.88 Å². The molecule has 0 unspecified atom stereocenters. The molecule has 0 aliphatic heterocycles. The molecule has 0 bridgehead atoms. The van der Waals surface area contributed by atoms with E-state index in [1.807, 2.05) is 0 Å². The molecule has 1 amide bonds. The molecule has 2 aromatic rings. The van der Waals surface area contributed by atoms with Crippen molar-refractivity contribution in [2.24, 2.45) is 5.73 Å². The first-order chi connectivity index (χ1) is 9.77. The van der Waals surface area contributed by atoms with Gasteiger partial charge in [-0.2, -0.15) is 18.2 Å². The number of nitrogens with zero attached hydrogens (tertiary/aromatic N) is 1. The molecule has 0 radical (unpaired) electrons. The smallest absolute Gasteiger partial charge is 0.416 e. The number of amides is 1. The predicted molar refractivity (Wildman–Crippen MR) is 68.7 cm³/mol. The van der Waals surface area contributed by atoms with Crippen molar-refractivity contribution in [2.45, 2.75) is 6.18 Å². The van der Waals surface area contributed by atoms with E-state index in [1.165, 1.54) is 12.1 Å². The Balaban J connectivity index is 2.41. The number of hydrogen-bond acceptors (Lipinski definition) is 4. The molecular formula is C13H10F3N3O2.